The number of aromatic nitrogens is 5. The summed E-state index contributed by atoms with van der Waals surface area (Å²) >= 11 is 0. The molecule has 1 N–H and O–H groups in total. The van der Waals surface area contributed by atoms with Crippen molar-refractivity contribution in [2.24, 2.45) is 7.05 Å². The maximum atomic E-state index is 12.7. The van der Waals surface area contributed by atoms with E-state index in [0.717, 1.165) is 36.2 Å². The normalized spacial score (nSPS) is 16.9. The quantitative estimate of drug-likeness (QED) is 0.729. The van der Waals surface area contributed by atoms with Gasteiger partial charge in [-0.2, -0.15) is 10.1 Å². The molecule has 3 aromatic rings. The molecule has 1 atom stereocenters. The number of rotatable bonds is 5. The van der Waals surface area contributed by atoms with Crippen molar-refractivity contribution in [1.82, 2.24) is 30.2 Å². The molecule has 9 heteroatoms. The third-order valence-corrected chi connectivity index (χ3v) is 4.66. The van der Waals surface area contributed by atoms with Crippen molar-refractivity contribution in [2.75, 3.05) is 13.2 Å². The van der Waals surface area contributed by atoms with E-state index in [1.54, 1.807) is 10.7 Å². The fraction of sp³-hybridized carbons (Fsp3) is 0.500. The van der Waals surface area contributed by atoms with Crippen molar-refractivity contribution in [3.63, 3.8) is 0 Å². The molecule has 4 heterocycles. The van der Waals surface area contributed by atoms with Crippen LogP contribution in [-0.2, 0) is 18.2 Å². The molecular weight excluding hydrogens is 348 g/mol. The van der Waals surface area contributed by atoms with E-state index in [-0.39, 0.29) is 12.0 Å². The molecule has 0 radical (unpaired) electrons. The largest absolute Gasteiger partial charge is 0.368 e. The lowest BCUT2D eigenvalue weighted by atomic mass is 10.1. The average molecular weight is 370 g/mol. The predicted molar refractivity (Wildman–Crippen MR) is 96.2 cm³/mol. The van der Waals surface area contributed by atoms with Crippen molar-refractivity contribution in [2.45, 2.75) is 39.2 Å². The van der Waals surface area contributed by atoms with Crippen LogP contribution in [0.5, 0.6) is 0 Å². The molecule has 0 aromatic carbocycles. The molecule has 27 heavy (non-hydrogen) atoms. The molecule has 1 aliphatic rings. The fourth-order valence-electron chi connectivity index (χ4n) is 3.40. The van der Waals surface area contributed by atoms with Gasteiger partial charge in [-0.3, -0.25) is 9.48 Å². The van der Waals surface area contributed by atoms with E-state index >= 15 is 0 Å². The second-order valence-corrected chi connectivity index (χ2v) is 6.78. The zero-order chi connectivity index (χ0) is 19.0. The Morgan fingerprint density at radius 1 is 1.37 bits per heavy atom. The van der Waals surface area contributed by atoms with Crippen LogP contribution < -0.4 is 5.32 Å². The third kappa shape index (κ3) is 3.42. The van der Waals surface area contributed by atoms with E-state index in [1.807, 2.05) is 20.9 Å². The Balaban J connectivity index is 1.43. The van der Waals surface area contributed by atoms with E-state index in [2.05, 4.69) is 25.5 Å². The molecule has 4 rings (SSSR count). The van der Waals surface area contributed by atoms with Gasteiger partial charge < -0.3 is 14.6 Å². The zero-order valence-electron chi connectivity index (χ0n) is 15.7. The Kier molecular flexibility index (Phi) is 4.61. The minimum atomic E-state index is -0.163. The molecule has 3 aromatic heterocycles. The number of aryl methyl sites for hydroxylation is 3. The number of hydrogen-bond donors (Lipinski definition) is 1. The zero-order valence-corrected chi connectivity index (χ0v) is 15.7. The summed E-state index contributed by atoms with van der Waals surface area (Å²) in [4.78, 5) is 21.6. The predicted octanol–water partition coefficient (Wildman–Crippen LogP) is 1.79. The van der Waals surface area contributed by atoms with Crippen LogP contribution in [0.3, 0.4) is 0 Å². The Bertz CT molecular complexity index is 987. The maximum Gasteiger partial charge on any atom is 0.255 e. The second kappa shape index (κ2) is 7.07. The smallest absolute Gasteiger partial charge is 0.255 e. The molecule has 0 spiro atoms. The Morgan fingerprint density at radius 2 is 2.22 bits per heavy atom. The fourth-order valence-corrected chi connectivity index (χ4v) is 3.40. The van der Waals surface area contributed by atoms with Gasteiger partial charge in [-0.15, -0.1) is 0 Å². The van der Waals surface area contributed by atoms with E-state index in [0.29, 0.717) is 35.9 Å². The first-order valence-electron chi connectivity index (χ1n) is 9.06. The van der Waals surface area contributed by atoms with E-state index < -0.39 is 0 Å². The molecule has 1 unspecified atom stereocenters. The molecule has 0 bridgehead atoms. The number of hydrogen-bond acceptors (Lipinski definition) is 7. The molecule has 1 saturated heterocycles. The number of carbonyl (C=O) groups excluding carboxylic acids is 1. The highest BCUT2D eigenvalue weighted by atomic mass is 16.5. The lowest BCUT2D eigenvalue weighted by molar-refractivity contribution is 0.0835. The molecular formula is C18H22N6O3. The van der Waals surface area contributed by atoms with E-state index in [4.69, 9.17) is 9.26 Å². The topological polar surface area (TPSA) is 108 Å². The molecule has 0 saturated carbocycles. The summed E-state index contributed by atoms with van der Waals surface area (Å²) in [5.41, 5.74) is 2.84. The summed E-state index contributed by atoms with van der Waals surface area (Å²) in [5.74, 6) is 0.921. The van der Waals surface area contributed by atoms with Gasteiger partial charge in [0, 0.05) is 32.3 Å². The van der Waals surface area contributed by atoms with Crippen LogP contribution >= 0.6 is 0 Å². The van der Waals surface area contributed by atoms with Crippen molar-refractivity contribution >= 4 is 16.9 Å². The van der Waals surface area contributed by atoms with Gasteiger partial charge in [-0.25, -0.2) is 4.98 Å². The summed E-state index contributed by atoms with van der Waals surface area (Å²) in [6.07, 6.45) is 2.30. The van der Waals surface area contributed by atoms with Crippen LogP contribution in [0.1, 0.15) is 52.4 Å². The van der Waals surface area contributed by atoms with Gasteiger partial charge in [0.15, 0.2) is 11.5 Å². The van der Waals surface area contributed by atoms with Crippen LogP contribution in [0.2, 0.25) is 0 Å². The first-order valence-corrected chi connectivity index (χ1v) is 9.06. The average Bonchev–Trinajstić information content (AvgIpc) is 3.36. The van der Waals surface area contributed by atoms with Crippen molar-refractivity contribution in [3.8, 4) is 0 Å². The Morgan fingerprint density at radius 3 is 3.00 bits per heavy atom. The van der Waals surface area contributed by atoms with Gasteiger partial charge in [0.05, 0.1) is 16.6 Å². The minimum absolute atomic E-state index is 0.0949. The molecule has 1 fully saturated rings. The number of nitrogens with one attached hydrogen (secondary N) is 1. The number of fused-ring (bicyclic) bond motifs is 1. The minimum Gasteiger partial charge on any atom is -0.368 e. The molecule has 1 aliphatic heterocycles. The molecule has 0 aliphatic carbocycles. The van der Waals surface area contributed by atoms with Crippen LogP contribution in [0.15, 0.2) is 10.6 Å². The molecule has 9 nitrogen and oxygen atoms in total. The summed E-state index contributed by atoms with van der Waals surface area (Å²) < 4.78 is 12.5. The first kappa shape index (κ1) is 17.6. The van der Waals surface area contributed by atoms with Gasteiger partial charge >= 0.3 is 0 Å². The Hall–Kier alpha value is -2.81. The van der Waals surface area contributed by atoms with Crippen LogP contribution in [0.4, 0.5) is 0 Å². The highest BCUT2D eigenvalue weighted by Crippen LogP contribution is 2.27. The summed E-state index contributed by atoms with van der Waals surface area (Å²) in [6.45, 7) is 4.88. The van der Waals surface area contributed by atoms with Crippen LogP contribution in [-0.4, -0.2) is 44.0 Å². The second-order valence-electron chi connectivity index (χ2n) is 6.78. The van der Waals surface area contributed by atoms with Crippen LogP contribution in [0.25, 0.3) is 11.0 Å². The lowest BCUT2D eigenvalue weighted by Gasteiger charge is -2.07. The highest BCUT2D eigenvalue weighted by molar-refractivity contribution is 6.06. The monoisotopic (exact) mass is 370 g/mol. The van der Waals surface area contributed by atoms with Gasteiger partial charge in [0.1, 0.15) is 6.10 Å². The van der Waals surface area contributed by atoms with E-state index in [9.17, 15) is 4.79 Å². The number of amides is 1. The van der Waals surface area contributed by atoms with Crippen molar-refractivity contribution in [1.29, 1.82) is 0 Å². The van der Waals surface area contributed by atoms with Crippen molar-refractivity contribution in [3.05, 3.63) is 34.7 Å². The molecule has 142 valence electrons. The standard InChI is InChI=1S/C18H22N6O3/c1-10-9-12(15-11(2)22-24(3)16(15)20-10)17(25)19-7-6-14-21-18(27-23-14)13-5-4-8-26-13/h9,13H,4-8H2,1-3H3,(H,19,25). The van der Waals surface area contributed by atoms with Crippen molar-refractivity contribution < 1.29 is 14.1 Å². The first-order chi connectivity index (χ1) is 13.0. The number of nitrogens with zero attached hydrogens (tertiary/aromatic N) is 5. The van der Waals surface area contributed by atoms with Gasteiger partial charge in [-0.05, 0) is 32.8 Å². The van der Waals surface area contributed by atoms with Crippen LogP contribution in [0, 0.1) is 13.8 Å². The lowest BCUT2D eigenvalue weighted by Crippen LogP contribution is -2.26. The van der Waals surface area contributed by atoms with Gasteiger partial charge in [-0.1, -0.05) is 5.16 Å². The summed E-state index contributed by atoms with van der Waals surface area (Å²) in [7, 11) is 1.82. The van der Waals surface area contributed by atoms with E-state index in [1.165, 1.54) is 0 Å². The summed E-state index contributed by atoms with van der Waals surface area (Å²) in [6, 6.07) is 1.79. The number of carbonyl (C=O) groups is 1. The third-order valence-electron chi connectivity index (χ3n) is 4.66. The Labute approximate surface area is 156 Å². The maximum absolute atomic E-state index is 12.7. The number of ether oxygens (including phenoxy) is 1. The summed E-state index contributed by atoms with van der Waals surface area (Å²) in [5, 5.41) is 12.0. The van der Waals surface area contributed by atoms with Gasteiger partial charge in [0.25, 0.3) is 11.8 Å². The number of pyridine rings is 1. The highest BCUT2D eigenvalue weighted by Gasteiger charge is 2.24. The molecule has 1 amide bonds. The SMILES string of the molecule is Cc1cc(C(=O)NCCc2noc(C3CCCO3)n2)c2c(C)nn(C)c2n1. The van der Waals surface area contributed by atoms with Gasteiger partial charge in [0.2, 0.25) is 0 Å².